The van der Waals surface area contributed by atoms with Crippen LogP contribution in [0, 0.1) is 5.92 Å². The summed E-state index contributed by atoms with van der Waals surface area (Å²) in [5.41, 5.74) is 0. The number of nitrogens with zero attached hydrogens (tertiary/aromatic N) is 3. The van der Waals surface area contributed by atoms with Crippen molar-refractivity contribution >= 4 is 5.97 Å². The van der Waals surface area contributed by atoms with E-state index in [2.05, 4.69) is 10.2 Å². The molecule has 0 saturated carbocycles. The molecule has 5 heteroatoms. The van der Waals surface area contributed by atoms with Gasteiger partial charge in [-0.25, -0.2) is 0 Å². The van der Waals surface area contributed by atoms with Gasteiger partial charge in [-0.1, -0.05) is 0 Å². The topological polar surface area (TPSA) is 68.0 Å². The first-order chi connectivity index (χ1) is 6.75. The van der Waals surface area contributed by atoms with Crippen LogP contribution >= 0.6 is 0 Å². The molecule has 14 heavy (non-hydrogen) atoms. The maximum absolute atomic E-state index is 10.4. The standard InChI is InChI=1S/C9H13N3O2/c13-9(14)4-2-7-1-3-8-11-10-6-12(8)5-7/h6-7H,1-5H2,(H,13,14). The van der Waals surface area contributed by atoms with Crippen molar-refractivity contribution in [2.24, 2.45) is 5.92 Å². The van der Waals surface area contributed by atoms with Crippen molar-refractivity contribution in [2.45, 2.75) is 32.2 Å². The molecule has 1 aromatic heterocycles. The van der Waals surface area contributed by atoms with E-state index in [1.54, 1.807) is 6.33 Å². The first-order valence-electron chi connectivity index (χ1n) is 4.84. The third kappa shape index (κ3) is 1.92. The van der Waals surface area contributed by atoms with Crippen molar-refractivity contribution in [3.63, 3.8) is 0 Å². The summed E-state index contributed by atoms with van der Waals surface area (Å²) in [5.74, 6) is 0.783. The number of aromatic nitrogens is 3. The summed E-state index contributed by atoms with van der Waals surface area (Å²) in [7, 11) is 0. The van der Waals surface area contributed by atoms with Gasteiger partial charge in [-0.15, -0.1) is 10.2 Å². The fraction of sp³-hybridized carbons (Fsp3) is 0.667. The molecule has 2 heterocycles. The highest BCUT2D eigenvalue weighted by molar-refractivity contribution is 5.66. The lowest BCUT2D eigenvalue weighted by atomic mass is 9.94. The average Bonchev–Trinajstić information content (AvgIpc) is 2.61. The molecule has 1 aromatic rings. The smallest absolute Gasteiger partial charge is 0.303 e. The van der Waals surface area contributed by atoms with Crippen LogP contribution in [0.5, 0.6) is 0 Å². The summed E-state index contributed by atoms with van der Waals surface area (Å²) < 4.78 is 2.02. The van der Waals surface area contributed by atoms with E-state index in [9.17, 15) is 4.79 Å². The number of fused-ring (bicyclic) bond motifs is 1. The van der Waals surface area contributed by atoms with Crippen molar-refractivity contribution in [3.8, 4) is 0 Å². The monoisotopic (exact) mass is 195 g/mol. The second kappa shape index (κ2) is 3.77. The fourth-order valence-electron chi connectivity index (χ4n) is 1.89. The van der Waals surface area contributed by atoms with Crippen molar-refractivity contribution in [1.29, 1.82) is 0 Å². The Labute approximate surface area is 81.8 Å². The molecular weight excluding hydrogens is 182 g/mol. The zero-order chi connectivity index (χ0) is 9.97. The number of aryl methyl sites for hydroxylation is 1. The highest BCUT2D eigenvalue weighted by Gasteiger charge is 2.19. The Kier molecular flexibility index (Phi) is 2.47. The summed E-state index contributed by atoms with van der Waals surface area (Å²) >= 11 is 0. The van der Waals surface area contributed by atoms with Crippen LogP contribution in [0.25, 0.3) is 0 Å². The number of hydrogen-bond acceptors (Lipinski definition) is 3. The summed E-state index contributed by atoms with van der Waals surface area (Å²) in [6.45, 7) is 0.871. The van der Waals surface area contributed by atoms with Crippen molar-refractivity contribution in [3.05, 3.63) is 12.2 Å². The first-order valence-corrected chi connectivity index (χ1v) is 4.84. The molecule has 0 radical (unpaired) electrons. The molecule has 1 unspecified atom stereocenters. The predicted octanol–water partition coefficient (Wildman–Crippen LogP) is 0.705. The van der Waals surface area contributed by atoms with Gasteiger partial charge in [0.15, 0.2) is 0 Å². The molecule has 2 rings (SSSR count). The maximum atomic E-state index is 10.4. The van der Waals surface area contributed by atoms with Crippen molar-refractivity contribution < 1.29 is 9.90 Å². The molecule has 76 valence electrons. The fourth-order valence-corrected chi connectivity index (χ4v) is 1.89. The maximum Gasteiger partial charge on any atom is 0.303 e. The van der Waals surface area contributed by atoms with Gasteiger partial charge in [-0.2, -0.15) is 0 Å². The minimum atomic E-state index is -0.709. The summed E-state index contributed by atoms with van der Waals surface area (Å²) in [6, 6.07) is 0. The Morgan fingerprint density at radius 1 is 1.71 bits per heavy atom. The van der Waals surface area contributed by atoms with Crippen LogP contribution in [-0.4, -0.2) is 25.8 Å². The predicted molar refractivity (Wildman–Crippen MR) is 48.7 cm³/mol. The van der Waals surface area contributed by atoms with E-state index in [1.807, 2.05) is 4.57 Å². The third-order valence-electron chi connectivity index (χ3n) is 2.69. The molecule has 1 aliphatic heterocycles. The summed E-state index contributed by atoms with van der Waals surface area (Å²) in [4.78, 5) is 10.4. The van der Waals surface area contributed by atoms with Gasteiger partial charge in [0.05, 0.1) is 0 Å². The van der Waals surface area contributed by atoms with Crippen LogP contribution in [0.3, 0.4) is 0 Å². The van der Waals surface area contributed by atoms with Gasteiger partial charge in [-0.05, 0) is 18.8 Å². The highest BCUT2D eigenvalue weighted by atomic mass is 16.4. The number of carboxylic acid groups (broad SMARTS) is 1. The van der Waals surface area contributed by atoms with Crippen molar-refractivity contribution in [2.75, 3.05) is 0 Å². The zero-order valence-corrected chi connectivity index (χ0v) is 7.89. The third-order valence-corrected chi connectivity index (χ3v) is 2.69. The average molecular weight is 195 g/mol. The van der Waals surface area contributed by atoms with Gasteiger partial charge in [0.25, 0.3) is 0 Å². The van der Waals surface area contributed by atoms with Crippen molar-refractivity contribution in [1.82, 2.24) is 14.8 Å². The van der Waals surface area contributed by atoms with Gasteiger partial charge >= 0.3 is 5.97 Å². The lowest BCUT2D eigenvalue weighted by molar-refractivity contribution is -0.137. The second-order valence-corrected chi connectivity index (χ2v) is 3.74. The van der Waals surface area contributed by atoms with Crippen LogP contribution in [0.15, 0.2) is 6.33 Å². The molecular formula is C9H13N3O2. The quantitative estimate of drug-likeness (QED) is 0.771. The van der Waals surface area contributed by atoms with Crippen LogP contribution in [0.2, 0.25) is 0 Å². The Hall–Kier alpha value is -1.39. The van der Waals surface area contributed by atoms with Gasteiger partial charge in [-0.3, -0.25) is 4.79 Å². The lowest BCUT2D eigenvalue weighted by Gasteiger charge is -2.22. The molecule has 0 bridgehead atoms. The van der Waals surface area contributed by atoms with Crippen LogP contribution in [0.1, 0.15) is 25.1 Å². The van der Waals surface area contributed by atoms with E-state index < -0.39 is 5.97 Å². The van der Waals surface area contributed by atoms with E-state index in [0.29, 0.717) is 5.92 Å². The van der Waals surface area contributed by atoms with E-state index in [1.165, 1.54) is 0 Å². The number of carboxylic acids is 1. The largest absolute Gasteiger partial charge is 0.481 e. The molecule has 0 aliphatic carbocycles. The number of aliphatic carboxylic acids is 1. The first kappa shape index (κ1) is 9.18. The van der Waals surface area contributed by atoms with Gasteiger partial charge in [0, 0.05) is 19.4 Å². The van der Waals surface area contributed by atoms with E-state index in [-0.39, 0.29) is 6.42 Å². The molecule has 0 saturated heterocycles. The second-order valence-electron chi connectivity index (χ2n) is 3.74. The summed E-state index contributed by atoms with van der Waals surface area (Å²) in [5, 5.41) is 16.4. The minimum Gasteiger partial charge on any atom is -0.481 e. The van der Waals surface area contributed by atoms with Crippen LogP contribution in [-0.2, 0) is 17.8 Å². The molecule has 1 atom stereocenters. The molecule has 0 amide bonds. The molecule has 0 spiro atoms. The molecule has 5 nitrogen and oxygen atoms in total. The van der Waals surface area contributed by atoms with E-state index >= 15 is 0 Å². The normalized spacial score (nSPS) is 20.4. The number of hydrogen-bond donors (Lipinski definition) is 1. The highest BCUT2D eigenvalue weighted by Crippen LogP contribution is 2.21. The molecule has 1 aliphatic rings. The van der Waals surface area contributed by atoms with Gasteiger partial charge in [0.2, 0.25) is 0 Å². The Balaban J connectivity index is 1.91. The Morgan fingerprint density at radius 3 is 3.36 bits per heavy atom. The number of carbonyl (C=O) groups is 1. The van der Waals surface area contributed by atoms with Gasteiger partial charge in [0.1, 0.15) is 12.2 Å². The number of rotatable bonds is 3. The molecule has 0 fully saturated rings. The molecule has 1 N–H and O–H groups in total. The van der Waals surface area contributed by atoms with E-state index in [0.717, 1.165) is 31.6 Å². The summed E-state index contributed by atoms with van der Waals surface area (Å²) in [6.07, 6.45) is 4.70. The Morgan fingerprint density at radius 2 is 2.57 bits per heavy atom. The zero-order valence-electron chi connectivity index (χ0n) is 7.89. The molecule has 0 aromatic carbocycles. The van der Waals surface area contributed by atoms with Crippen LogP contribution < -0.4 is 0 Å². The Bertz CT molecular complexity index is 335. The SMILES string of the molecule is O=C(O)CCC1CCc2nncn2C1. The van der Waals surface area contributed by atoms with E-state index in [4.69, 9.17) is 5.11 Å². The van der Waals surface area contributed by atoms with Crippen LogP contribution in [0.4, 0.5) is 0 Å². The van der Waals surface area contributed by atoms with Gasteiger partial charge < -0.3 is 9.67 Å². The minimum absolute atomic E-state index is 0.266. The lowest BCUT2D eigenvalue weighted by Crippen LogP contribution is -2.20.